The molecule has 2 fully saturated rings. The minimum atomic E-state index is -4.31. The Morgan fingerprint density at radius 1 is 1.21 bits per heavy atom. The molecule has 0 radical (unpaired) electrons. The maximum Gasteiger partial charge on any atom is 0.392 e. The molecule has 158 valence electrons. The van der Waals surface area contributed by atoms with Crippen molar-refractivity contribution in [3.8, 4) is 17.6 Å². The normalized spacial score (nSPS) is 28.5. The van der Waals surface area contributed by atoms with E-state index in [9.17, 15) is 23.2 Å². The molecular formula is C21H24F3NO4. The zero-order valence-corrected chi connectivity index (χ0v) is 16.4. The van der Waals surface area contributed by atoms with E-state index < -0.39 is 24.6 Å². The fourth-order valence-electron chi connectivity index (χ4n) is 4.81. The fourth-order valence-corrected chi connectivity index (χ4v) is 4.81. The molecule has 0 N–H and O–H groups in total. The highest BCUT2D eigenvalue weighted by atomic mass is 19.4. The van der Waals surface area contributed by atoms with Crippen LogP contribution in [-0.4, -0.2) is 33.0 Å². The van der Waals surface area contributed by atoms with E-state index in [2.05, 4.69) is 6.07 Å². The number of halogens is 3. The van der Waals surface area contributed by atoms with Crippen molar-refractivity contribution in [1.29, 1.82) is 5.26 Å². The summed E-state index contributed by atoms with van der Waals surface area (Å²) in [5.74, 6) is 0.697. The van der Waals surface area contributed by atoms with E-state index in [-0.39, 0.29) is 29.5 Å². The van der Waals surface area contributed by atoms with Crippen LogP contribution in [0.5, 0.6) is 11.5 Å². The van der Waals surface area contributed by atoms with Crippen molar-refractivity contribution in [3.63, 3.8) is 0 Å². The topological polar surface area (TPSA) is 68.6 Å². The van der Waals surface area contributed by atoms with Crippen molar-refractivity contribution in [2.75, 3.05) is 20.8 Å². The average molecular weight is 411 g/mol. The van der Waals surface area contributed by atoms with Gasteiger partial charge in [0.2, 0.25) is 0 Å². The number of ether oxygens (including phenoxy) is 3. The van der Waals surface area contributed by atoms with Gasteiger partial charge in [0.05, 0.1) is 44.6 Å². The first kappa shape index (κ1) is 21.3. The maximum absolute atomic E-state index is 12.4. The van der Waals surface area contributed by atoms with Crippen molar-refractivity contribution in [2.24, 2.45) is 17.8 Å². The second kappa shape index (κ2) is 8.13. The van der Waals surface area contributed by atoms with Crippen molar-refractivity contribution in [2.45, 2.75) is 43.7 Å². The van der Waals surface area contributed by atoms with Gasteiger partial charge in [-0.2, -0.15) is 18.4 Å². The Hall–Kier alpha value is -2.43. The van der Waals surface area contributed by atoms with Crippen LogP contribution in [0, 0.1) is 29.1 Å². The summed E-state index contributed by atoms with van der Waals surface area (Å²) in [6.07, 6.45) is -2.76. The average Bonchev–Trinajstić information content (AvgIpc) is 3.23. The number of alkyl halides is 3. The third-order valence-corrected chi connectivity index (χ3v) is 6.17. The van der Waals surface area contributed by atoms with Gasteiger partial charge in [-0.3, -0.25) is 4.79 Å². The van der Waals surface area contributed by atoms with Gasteiger partial charge in [-0.15, -0.1) is 0 Å². The molecule has 0 amide bonds. The molecule has 3 rings (SSSR count). The highest BCUT2D eigenvalue weighted by Crippen LogP contribution is 2.56. The van der Waals surface area contributed by atoms with Gasteiger partial charge in [-0.25, -0.2) is 0 Å². The summed E-state index contributed by atoms with van der Waals surface area (Å²) in [6.45, 7) is -0.519. The lowest BCUT2D eigenvalue weighted by molar-refractivity contribution is -0.145. The SMILES string of the molecule is COC(=O)C1C[C@@H]2CC(C#N)(c3ccc(OC)c(OCCC(F)(F)F)c3)C[C@@H]2C1. The van der Waals surface area contributed by atoms with Gasteiger partial charge in [-0.1, -0.05) is 6.07 Å². The highest BCUT2D eigenvalue weighted by molar-refractivity contribution is 5.72. The molecule has 1 aromatic rings. The summed E-state index contributed by atoms with van der Waals surface area (Å²) in [7, 11) is 2.80. The van der Waals surface area contributed by atoms with Gasteiger partial charge in [0, 0.05) is 0 Å². The zero-order chi connectivity index (χ0) is 21.2. The molecule has 2 saturated carbocycles. The minimum absolute atomic E-state index is 0.121. The number of fused-ring (bicyclic) bond motifs is 1. The number of nitriles is 1. The predicted molar refractivity (Wildman–Crippen MR) is 97.4 cm³/mol. The lowest BCUT2D eigenvalue weighted by Crippen LogP contribution is -2.23. The number of benzene rings is 1. The third kappa shape index (κ3) is 4.44. The summed E-state index contributed by atoms with van der Waals surface area (Å²) in [6, 6.07) is 7.46. The van der Waals surface area contributed by atoms with Crippen LogP contribution in [0.25, 0.3) is 0 Å². The Balaban J connectivity index is 1.78. The minimum Gasteiger partial charge on any atom is -0.493 e. The Morgan fingerprint density at radius 2 is 1.86 bits per heavy atom. The zero-order valence-electron chi connectivity index (χ0n) is 16.4. The van der Waals surface area contributed by atoms with Crippen LogP contribution in [0.2, 0.25) is 0 Å². The first-order valence-corrected chi connectivity index (χ1v) is 9.58. The van der Waals surface area contributed by atoms with Gasteiger partial charge in [0.15, 0.2) is 11.5 Å². The molecule has 1 aromatic carbocycles. The molecule has 8 heteroatoms. The van der Waals surface area contributed by atoms with Crippen molar-refractivity contribution in [3.05, 3.63) is 23.8 Å². The Bertz CT molecular complexity index is 788. The summed E-state index contributed by atoms with van der Waals surface area (Å²) in [4.78, 5) is 11.8. The molecule has 0 saturated heterocycles. The van der Waals surface area contributed by atoms with E-state index in [1.54, 1.807) is 18.2 Å². The Kier molecular flexibility index (Phi) is 5.97. The van der Waals surface area contributed by atoms with Gasteiger partial charge < -0.3 is 14.2 Å². The number of rotatable bonds is 6. The number of carbonyl (C=O) groups excluding carboxylic acids is 1. The van der Waals surface area contributed by atoms with Crippen LogP contribution in [0.1, 0.15) is 37.7 Å². The number of carbonyl (C=O) groups is 1. The largest absolute Gasteiger partial charge is 0.493 e. The van der Waals surface area contributed by atoms with Crippen LogP contribution >= 0.6 is 0 Å². The molecule has 2 aliphatic carbocycles. The van der Waals surface area contributed by atoms with E-state index >= 15 is 0 Å². The standard InChI is InChI=1S/C21H24F3NO4/c1-27-17-4-3-16(9-18(17)29-6-5-21(22,23)24)20(12-25)10-14-7-13(19(26)28-2)8-15(14)11-20/h3-4,9,13-15H,5-8,10-11H2,1-2H3/t13?,14-,15+,20?. The van der Waals surface area contributed by atoms with Crippen molar-refractivity contribution < 1.29 is 32.2 Å². The molecule has 0 bridgehead atoms. The number of esters is 1. The molecule has 4 atom stereocenters. The fraction of sp³-hybridized carbons (Fsp3) is 0.619. The third-order valence-electron chi connectivity index (χ3n) is 6.17. The second-order valence-corrected chi connectivity index (χ2v) is 7.89. The molecular weight excluding hydrogens is 387 g/mol. The number of hydrogen-bond acceptors (Lipinski definition) is 5. The molecule has 0 aliphatic heterocycles. The first-order chi connectivity index (χ1) is 13.7. The molecule has 5 nitrogen and oxygen atoms in total. The molecule has 0 spiro atoms. The molecule has 2 unspecified atom stereocenters. The molecule has 29 heavy (non-hydrogen) atoms. The van der Waals surface area contributed by atoms with Gasteiger partial charge >= 0.3 is 12.1 Å². The lowest BCUT2D eigenvalue weighted by atomic mass is 9.77. The first-order valence-electron chi connectivity index (χ1n) is 9.58. The van der Waals surface area contributed by atoms with Gasteiger partial charge in [0.1, 0.15) is 0 Å². The van der Waals surface area contributed by atoms with E-state index in [1.807, 2.05) is 0 Å². The van der Waals surface area contributed by atoms with Gasteiger partial charge in [-0.05, 0) is 55.2 Å². The number of nitrogens with zero attached hydrogens (tertiary/aromatic N) is 1. The van der Waals surface area contributed by atoms with E-state index in [0.29, 0.717) is 37.0 Å². The predicted octanol–water partition coefficient (Wildman–Crippen LogP) is 4.40. The maximum atomic E-state index is 12.4. The molecule has 0 heterocycles. The lowest BCUT2D eigenvalue weighted by Gasteiger charge is -2.24. The molecule has 2 aliphatic rings. The highest BCUT2D eigenvalue weighted by Gasteiger charge is 2.52. The molecule has 0 aromatic heterocycles. The van der Waals surface area contributed by atoms with E-state index in [1.165, 1.54) is 14.2 Å². The summed E-state index contributed by atoms with van der Waals surface area (Å²) >= 11 is 0. The quantitative estimate of drug-likeness (QED) is 0.649. The van der Waals surface area contributed by atoms with Crippen LogP contribution in [0.4, 0.5) is 13.2 Å². The van der Waals surface area contributed by atoms with E-state index in [0.717, 1.165) is 0 Å². The summed E-state index contributed by atoms with van der Waals surface area (Å²) in [5.41, 5.74) is -0.0306. The van der Waals surface area contributed by atoms with Crippen molar-refractivity contribution >= 4 is 5.97 Å². The number of methoxy groups -OCH3 is 2. The van der Waals surface area contributed by atoms with Crippen molar-refractivity contribution in [1.82, 2.24) is 0 Å². The van der Waals surface area contributed by atoms with Crippen LogP contribution < -0.4 is 9.47 Å². The summed E-state index contributed by atoms with van der Waals surface area (Å²) in [5, 5.41) is 9.98. The Labute approximate surface area is 167 Å². The second-order valence-electron chi connectivity index (χ2n) is 7.89. The van der Waals surface area contributed by atoms with E-state index in [4.69, 9.17) is 14.2 Å². The van der Waals surface area contributed by atoms with Crippen LogP contribution in [-0.2, 0) is 14.9 Å². The van der Waals surface area contributed by atoms with Crippen LogP contribution in [0.3, 0.4) is 0 Å². The monoisotopic (exact) mass is 411 g/mol. The number of hydrogen-bond donors (Lipinski definition) is 0. The smallest absolute Gasteiger partial charge is 0.392 e. The Morgan fingerprint density at radius 3 is 2.38 bits per heavy atom. The van der Waals surface area contributed by atoms with Crippen LogP contribution in [0.15, 0.2) is 18.2 Å². The van der Waals surface area contributed by atoms with Gasteiger partial charge in [0.25, 0.3) is 0 Å². The summed E-state index contributed by atoms with van der Waals surface area (Å²) < 4.78 is 52.7.